The van der Waals surface area contributed by atoms with Crippen LogP contribution in [0.25, 0.3) is 21.2 Å². The van der Waals surface area contributed by atoms with Gasteiger partial charge in [-0.25, -0.2) is 9.69 Å². The molecule has 3 aromatic rings. The number of carbonyl (C=O) groups excluding carboxylic acids is 2. The lowest BCUT2D eigenvalue weighted by Crippen LogP contribution is -2.39. The van der Waals surface area contributed by atoms with Gasteiger partial charge in [-0.05, 0) is 38.0 Å². The number of amides is 2. The molecule has 0 spiro atoms. The van der Waals surface area contributed by atoms with E-state index in [0.29, 0.717) is 4.88 Å². The third-order valence-electron chi connectivity index (χ3n) is 4.26. The van der Waals surface area contributed by atoms with Gasteiger partial charge in [-0.3, -0.25) is 4.79 Å². The van der Waals surface area contributed by atoms with Crippen molar-refractivity contribution in [3.8, 4) is 11.1 Å². The van der Waals surface area contributed by atoms with E-state index in [4.69, 9.17) is 4.74 Å². The summed E-state index contributed by atoms with van der Waals surface area (Å²) >= 11 is 1.42. The molecule has 2 amide bonds. The summed E-state index contributed by atoms with van der Waals surface area (Å²) in [6.07, 6.45) is -0.609. The smallest absolute Gasteiger partial charge is 0.417 e. The quantitative estimate of drug-likeness (QED) is 0.531. The van der Waals surface area contributed by atoms with E-state index in [2.05, 4.69) is 0 Å². The van der Waals surface area contributed by atoms with Gasteiger partial charge in [-0.1, -0.05) is 42.5 Å². The maximum Gasteiger partial charge on any atom is 0.417 e. The molecule has 132 valence electrons. The Morgan fingerprint density at radius 1 is 1.08 bits per heavy atom. The van der Waals surface area contributed by atoms with Crippen LogP contribution >= 0.6 is 11.3 Å². The average molecular weight is 365 g/mol. The fraction of sp³-hybridized carbons (Fsp3) is 0.238. The Labute approximate surface area is 156 Å². The first-order valence-corrected chi connectivity index (χ1v) is 9.31. The van der Waals surface area contributed by atoms with E-state index in [1.165, 1.54) is 16.2 Å². The number of rotatable bonds is 0. The van der Waals surface area contributed by atoms with Crippen molar-refractivity contribution in [2.75, 3.05) is 0 Å². The molecule has 1 aliphatic rings. The summed E-state index contributed by atoms with van der Waals surface area (Å²) in [5, 5.41) is 1.04. The molecule has 26 heavy (non-hydrogen) atoms. The van der Waals surface area contributed by atoms with E-state index >= 15 is 0 Å². The van der Waals surface area contributed by atoms with E-state index < -0.39 is 11.7 Å². The zero-order chi connectivity index (χ0) is 18.5. The molecular weight excluding hydrogens is 346 g/mol. The first-order valence-electron chi connectivity index (χ1n) is 8.50. The summed E-state index contributed by atoms with van der Waals surface area (Å²) in [5.74, 6) is -0.299. The lowest BCUT2D eigenvalue weighted by molar-refractivity contribution is 0.0230. The maximum absolute atomic E-state index is 13.2. The van der Waals surface area contributed by atoms with Crippen LogP contribution in [0.1, 0.15) is 36.0 Å². The predicted molar refractivity (Wildman–Crippen MR) is 103 cm³/mol. The number of hydrogen-bond donors (Lipinski definition) is 0. The molecule has 0 N–H and O–H groups in total. The van der Waals surface area contributed by atoms with Gasteiger partial charge in [0.1, 0.15) is 10.5 Å². The maximum atomic E-state index is 13.2. The normalized spacial score (nSPS) is 14.0. The second-order valence-corrected chi connectivity index (χ2v) is 8.38. The van der Waals surface area contributed by atoms with Gasteiger partial charge in [-0.2, -0.15) is 0 Å². The minimum atomic E-state index is -0.661. The van der Waals surface area contributed by atoms with Gasteiger partial charge in [0.15, 0.2) is 0 Å². The van der Waals surface area contributed by atoms with E-state index in [0.717, 1.165) is 26.8 Å². The molecule has 4 rings (SSSR count). The standard InChI is InChI=1S/C21H19NO3S/c1-21(2,3)25-20(24)22-12-13-8-4-5-9-14(13)17-15-10-6-7-11-16(15)26-18(17)19(22)23/h4-11H,12H2,1-3H3. The highest BCUT2D eigenvalue weighted by Crippen LogP contribution is 2.43. The Kier molecular flexibility index (Phi) is 3.84. The van der Waals surface area contributed by atoms with Gasteiger partial charge in [0, 0.05) is 15.6 Å². The largest absolute Gasteiger partial charge is 0.443 e. The Balaban J connectivity index is 1.92. The van der Waals surface area contributed by atoms with Crippen LogP contribution in [-0.4, -0.2) is 22.5 Å². The number of fused-ring (bicyclic) bond motifs is 5. The van der Waals surface area contributed by atoms with Gasteiger partial charge < -0.3 is 4.74 Å². The molecule has 0 atom stereocenters. The molecule has 2 aromatic carbocycles. The van der Waals surface area contributed by atoms with Crippen molar-refractivity contribution in [2.24, 2.45) is 0 Å². The van der Waals surface area contributed by atoms with Crippen LogP contribution in [0.2, 0.25) is 0 Å². The number of hydrogen-bond acceptors (Lipinski definition) is 4. The molecule has 0 saturated heterocycles. The van der Waals surface area contributed by atoms with E-state index in [1.807, 2.05) is 48.5 Å². The van der Waals surface area contributed by atoms with E-state index in [-0.39, 0.29) is 12.5 Å². The third-order valence-corrected chi connectivity index (χ3v) is 5.42. The summed E-state index contributed by atoms with van der Waals surface area (Å²) in [5.41, 5.74) is 2.19. The van der Waals surface area contributed by atoms with Crippen molar-refractivity contribution in [2.45, 2.75) is 32.9 Å². The summed E-state index contributed by atoms with van der Waals surface area (Å²) < 4.78 is 6.51. The fourth-order valence-electron chi connectivity index (χ4n) is 3.19. The number of thiophene rings is 1. The minimum absolute atomic E-state index is 0.208. The zero-order valence-electron chi connectivity index (χ0n) is 14.9. The van der Waals surface area contributed by atoms with E-state index in [1.54, 1.807) is 20.8 Å². The van der Waals surface area contributed by atoms with Crippen molar-refractivity contribution in [1.82, 2.24) is 4.90 Å². The van der Waals surface area contributed by atoms with E-state index in [9.17, 15) is 9.59 Å². The number of ether oxygens (including phenoxy) is 1. The second kappa shape index (κ2) is 5.95. The summed E-state index contributed by atoms with van der Waals surface area (Å²) in [4.78, 5) is 27.7. The molecule has 4 nitrogen and oxygen atoms in total. The molecule has 0 radical (unpaired) electrons. The van der Waals surface area contributed by atoms with Crippen LogP contribution in [0.4, 0.5) is 4.79 Å². The molecule has 1 aromatic heterocycles. The Morgan fingerprint density at radius 3 is 2.54 bits per heavy atom. The van der Waals surface area contributed by atoms with Crippen LogP contribution in [0.5, 0.6) is 0 Å². The monoisotopic (exact) mass is 365 g/mol. The van der Waals surface area contributed by atoms with Gasteiger partial charge in [-0.15, -0.1) is 11.3 Å². The molecule has 0 unspecified atom stereocenters. The lowest BCUT2D eigenvalue weighted by Gasteiger charge is -2.25. The zero-order valence-corrected chi connectivity index (χ0v) is 15.7. The van der Waals surface area contributed by atoms with Crippen LogP contribution in [0.15, 0.2) is 48.5 Å². The molecule has 0 bridgehead atoms. The highest BCUT2D eigenvalue weighted by Gasteiger charge is 2.35. The molecule has 0 fully saturated rings. The Morgan fingerprint density at radius 2 is 1.77 bits per heavy atom. The number of carbonyl (C=O) groups is 2. The SMILES string of the molecule is CC(C)(C)OC(=O)N1Cc2ccccc2-c2c(sc3ccccc23)C1=O. The summed E-state index contributed by atoms with van der Waals surface area (Å²) in [7, 11) is 0. The fourth-order valence-corrected chi connectivity index (χ4v) is 4.36. The summed E-state index contributed by atoms with van der Waals surface area (Å²) in [6, 6.07) is 15.8. The van der Waals surface area contributed by atoms with Crippen molar-refractivity contribution >= 4 is 33.4 Å². The number of benzene rings is 2. The van der Waals surface area contributed by atoms with Crippen LogP contribution in [-0.2, 0) is 11.3 Å². The highest BCUT2D eigenvalue weighted by atomic mass is 32.1. The molecule has 1 aliphatic heterocycles. The van der Waals surface area contributed by atoms with Crippen molar-refractivity contribution < 1.29 is 14.3 Å². The van der Waals surface area contributed by atoms with Crippen molar-refractivity contribution in [1.29, 1.82) is 0 Å². The third kappa shape index (κ3) is 2.78. The molecular formula is C21H19NO3S. The molecule has 2 heterocycles. The van der Waals surface area contributed by atoms with Gasteiger partial charge >= 0.3 is 6.09 Å². The first kappa shape index (κ1) is 16.8. The highest BCUT2D eigenvalue weighted by molar-refractivity contribution is 7.21. The molecule has 5 heteroatoms. The Hall–Kier alpha value is -2.66. The summed E-state index contributed by atoms with van der Waals surface area (Å²) in [6.45, 7) is 5.60. The predicted octanol–water partition coefficient (Wildman–Crippen LogP) is 5.46. The molecule has 0 aliphatic carbocycles. The number of imide groups is 1. The number of nitrogens with zero attached hydrogens (tertiary/aromatic N) is 1. The lowest BCUT2D eigenvalue weighted by atomic mass is 9.98. The Bertz CT molecular complexity index is 1030. The minimum Gasteiger partial charge on any atom is -0.443 e. The van der Waals surface area contributed by atoms with Crippen molar-refractivity contribution in [3.63, 3.8) is 0 Å². The topological polar surface area (TPSA) is 46.6 Å². The van der Waals surface area contributed by atoms with Crippen LogP contribution in [0, 0.1) is 0 Å². The first-order chi connectivity index (χ1) is 12.3. The van der Waals surface area contributed by atoms with Gasteiger partial charge in [0.2, 0.25) is 0 Å². The second-order valence-electron chi connectivity index (χ2n) is 7.33. The molecule has 0 saturated carbocycles. The van der Waals surface area contributed by atoms with Crippen LogP contribution < -0.4 is 0 Å². The van der Waals surface area contributed by atoms with Crippen LogP contribution in [0.3, 0.4) is 0 Å². The average Bonchev–Trinajstić information content (AvgIpc) is 2.91. The van der Waals surface area contributed by atoms with Gasteiger partial charge in [0.25, 0.3) is 5.91 Å². The van der Waals surface area contributed by atoms with Gasteiger partial charge in [0.05, 0.1) is 6.54 Å². The van der Waals surface area contributed by atoms with Crippen molar-refractivity contribution in [3.05, 3.63) is 59.0 Å².